The van der Waals surface area contributed by atoms with Gasteiger partial charge in [-0.05, 0) is 44.7 Å². The quantitative estimate of drug-likeness (QED) is 0.876. The number of anilines is 2. The number of carbonyl (C=O) groups is 2. The minimum absolute atomic E-state index is 0.0766. The van der Waals surface area contributed by atoms with E-state index in [-0.39, 0.29) is 17.7 Å². The summed E-state index contributed by atoms with van der Waals surface area (Å²) in [4.78, 5) is 27.2. The molecule has 0 radical (unpaired) electrons. The van der Waals surface area contributed by atoms with E-state index in [2.05, 4.69) is 19.2 Å². The summed E-state index contributed by atoms with van der Waals surface area (Å²) in [5.74, 6) is 1.29. The van der Waals surface area contributed by atoms with Gasteiger partial charge in [0.25, 0.3) is 0 Å². The number of fused-ring (bicyclic) bond motifs is 1. The van der Waals surface area contributed by atoms with Gasteiger partial charge in [0.1, 0.15) is 12.4 Å². The van der Waals surface area contributed by atoms with Crippen LogP contribution in [-0.2, 0) is 9.59 Å². The highest BCUT2D eigenvalue weighted by Gasteiger charge is 2.38. The fourth-order valence-corrected chi connectivity index (χ4v) is 3.70. The third-order valence-electron chi connectivity index (χ3n) is 5.20. The van der Waals surface area contributed by atoms with Crippen LogP contribution in [0.1, 0.15) is 53.4 Å². The third kappa shape index (κ3) is 3.87. The van der Waals surface area contributed by atoms with Gasteiger partial charge in [-0.2, -0.15) is 0 Å². The first-order valence-corrected chi connectivity index (χ1v) is 9.67. The monoisotopic (exact) mass is 358 g/mol. The summed E-state index contributed by atoms with van der Waals surface area (Å²) < 4.78 is 5.98. The average Bonchev–Trinajstić information content (AvgIpc) is 3.09. The minimum Gasteiger partial charge on any atom is -0.490 e. The molecule has 1 fully saturated rings. The molecule has 0 atom stereocenters. The number of amides is 2. The van der Waals surface area contributed by atoms with Gasteiger partial charge in [-0.1, -0.05) is 26.7 Å². The molecule has 1 N–H and O–H groups in total. The van der Waals surface area contributed by atoms with Crippen LogP contribution in [0.4, 0.5) is 11.4 Å². The Balaban J connectivity index is 1.86. The van der Waals surface area contributed by atoms with Crippen molar-refractivity contribution < 1.29 is 14.3 Å². The zero-order valence-electron chi connectivity index (χ0n) is 16.3. The van der Waals surface area contributed by atoms with Crippen molar-refractivity contribution in [2.75, 3.05) is 23.4 Å². The number of rotatable bonds is 4. The number of carbonyl (C=O) groups excluding carboxylic acids is 2. The number of ether oxygens (including phenoxy) is 1. The van der Waals surface area contributed by atoms with Crippen molar-refractivity contribution in [3.8, 4) is 5.75 Å². The zero-order chi connectivity index (χ0) is 18.9. The summed E-state index contributed by atoms with van der Waals surface area (Å²) in [5, 5.41) is 3.02. The lowest BCUT2D eigenvalue weighted by Gasteiger charge is -2.29. The van der Waals surface area contributed by atoms with Crippen LogP contribution < -0.4 is 15.0 Å². The van der Waals surface area contributed by atoms with E-state index in [9.17, 15) is 9.59 Å². The summed E-state index contributed by atoms with van der Waals surface area (Å²) in [5.41, 5.74) is 0.937. The Labute approximate surface area is 156 Å². The van der Waals surface area contributed by atoms with Gasteiger partial charge in [-0.15, -0.1) is 0 Å². The molecule has 142 valence electrons. The minimum atomic E-state index is -0.582. The molecule has 2 aliphatic rings. The third-order valence-corrected chi connectivity index (χ3v) is 5.20. The first-order chi connectivity index (χ1) is 12.3. The second kappa shape index (κ2) is 7.29. The molecule has 0 saturated heterocycles. The highest BCUT2D eigenvalue weighted by molar-refractivity contribution is 6.00. The molecule has 2 amide bonds. The van der Waals surface area contributed by atoms with Crippen molar-refractivity contribution in [1.82, 2.24) is 0 Å². The number of hydrogen-bond acceptors (Lipinski definition) is 3. The van der Waals surface area contributed by atoms with Crippen molar-refractivity contribution in [1.29, 1.82) is 0 Å². The molecule has 0 spiro atoms. The highest BCUT2D eigenvalue weighted by Crippen LogP contribution is 2.39. The Kier molecular flexibility index (Phi) is 5.26. The lowest BCUT2D eigenvalue weighted by molar-refractivity contribution is -0.127. The maximum absolute atomic E-state index is 13.0. The second-order valence-electron chi connectivity index (χ2n) is 8.64. The van der Waals surface area contributed by atoms with Crippen LogP contribution >= 0.6 is 0 Å². The van der Waals surface area contributed by atoms with E-state index in [1.165, 1.54) is 0 Å². The van der Waals surface area contributed by atoms with E-state index in [0.29, 0.717) is 24.8 Å². The maximum atomic E-state index is 13.0. The predicted octanol–water partition coefficient (Wildman–Crippen LogP) is 4.22. The van der Waals surface area contributed by atoms with Gasteiger partial charge in [-0.3, -0.25) is 9.59 Å². The summed E-state index contributed by atoms with van der Waals surface area (Å²) in [6.45, 7) is 9.00. The summed E-state index contributed by atoms with van der Waals surface area (Å²) >= 11 is 0. The van der Waals surface area contributed by atoms with Gasteiger partial charge in [0, 0.05) is 24.2 Å². The molecule has 1 heterocycles. The first kappa shape index (κ1) is 18.7. The van der Waals surface area contributed by atoms with Crippen molar-refractivity contribution in [3.63, 3.8) is 0 Å². The molecule has 0 aromatic heterocycles. The Morgan fingerprint density at radius 3 is 2.65 bits per heavy atom. The molecule has 1 aromatic carbocycles. The van der Waals surface area contributed by atoms with Crippen LogP contribution in [0.3, 0.4) is 0 Å². The maximum Gasteiger partial charge on any atom is 0.236 e. The van der Waals surface area contributed by atoms with E-state index < -0.39 is 5.41 Å². The number of hydrogen-bond donors (Lipinski definition) is 1. The van der Waals surface area contributed by atoms with Crippen LogP contribution in [0.15, 0.2) is 18.2 Å². The lowest BCUT2D eigenvalue weighted by atomic mass is 9.92. The number of nitrogens with one attached hydrogen (secondary N) is 1. The molecule has 5 heteroatoms. The largest absolute Gasteiger partial charge is 0.490 e. The molecule has 0 unspecified atom stereocenters. The Morgan fingerprint density at radius 1 is 1.31 bits per heavy atom. The van der Waals surface area contributed by atoms with Gasteiger partial charge in [0.15, 0.2) is 0 Å². The molecule has 1 saturated carbocycles. The van der Waals surface area contributed by atoms with Crippen LogP contribution in [0.5, 0.6) is 5.75 Å². The average molecular weight is 358 g/mol. The van der Waals surface area contributed by atoms with Crippen molar-refractivity contribution in [2.45, 2.75) is 53.4 Å². The topological polar surface area (TPSA) is 58.6 Å². The summed E-state index contributed by atoms with van der Waals surface area (Å²) in [7, 11) is 0. The van der Waals surface area contributed by atoms with E-state index >= 15 is 0 Å². The van der Waals surface area contributed by atoms with Crippen molar-refractivity contribution in [3.05, 3.63) is 18.2 Å². The van der Waals surface area contributed by atoms with Gasteiger partial charge in [0.05, 0.1) is 11.1 Å². The Bertz CT molecular complexity index is 690. The van der Waals surface area contributed by atoms with Gasteiger partial charge < -0.3 is 15.0 Å². The molecule has 1 aliphatic heterocycles. The molecular weight excluding hydrogens is 328 g/mol. The van der Waals surface area contributed by atoms with Crippen LogP contribution in [0, 0.1) is 17.3 Å². The molecular formula is C21H30N2O3. The van der Waals surface area contributed by atoms with Crippen molar-refractivity contribution in [2.24, 2.45) is 17.3 Å². The van der Waals surface area contributed by atoms with Gasteiger partial charge in [-0.25, -0.2) is 0 Å². The fourth-order valence-electron chi connectivity index (χ4n) is 3.70. The number of nitrogens with zero attached hydrogens (tertiary/aromatic N) is 1. The highest BCUT2D eigenvalue weighted by atomic mass is 16.5. The summed E-state index contributed by atoms with van der Waals surface area (Å²) in [6.07, 6.45) is 4.20. The fraction of sp³-hybridized carbons (Fsp3) is 0.619. The molecule has 5 nitrogen and oxygen atoms in total. The first-order valence-electron chi connectivity index (χ1n) is 9.67. The second-order valence-corrected chi connectivity index (χ2v) is 8.64. The molecule has 1 aromatic rings. The standard InChI is InChI=1S/C21H30N2O3/c1-14(2)12-23-17-10-9-16(22-19(24)15-7-5-6-8-15)11-18(17)26-13-21(3,4)20(23)25/h9-11,14-15H,5-8,12-13H2,1-4H3,(H,22,24). The SMILES string of the molecule is CC(C)CN1C(=O)C(C)(C)COc2cc(NC(=O)C3CCCC3)ccc21. The summed E-state index contributed by atoms with van der Waals surface area (Å²) in [6, 6.07) is 5.61. The van der Waals surface area contributed by atoms with Gasteiger partial charge >= 0.3 is 0 Å². The van der Waals surface area contributed by atoms with Crippen molar-refractivity contribution >= 4 is 23.2 Å². The Morgan fingerprint density at radius 2 is 2.00 bits per heavy atom. The molecule has 3 rings (SSSR count). The lowest BCUT2D eigenvalue weighted by Crippen LogP contribution is -2.43. The van der Waals surface area contributed by atoms with E-state index in [1.54, 1.807) is 0 Å². The van der Waals surface area contributed by atoms with E-state index in [0.717, 1.165) is 37.1 Å². The Hall–Kier alpha value is -2.04. The molecule has 1 aliphatic carbocycles. The van der Waals surface area contributed by atoms with Gasteiger partial charge in [0.2, 0.25) is 11.8 Å². The predicted molar refractivity (Wildman–Crippen MR) is 103 cm³/mol. The number of benzene rings is 1. The van der Waals surface area contributed by atoms with E-state index in [1.807, 2.05) is 36.9 Å². The molecule has 0 bridgehead atoms. The smallest absolute Gasteiger partial charge is 0.236 e. The van der Waals surface area contributed by atoms with Crippen LogP contribution in [-0.4, -0.2) is 25.0 Å². The zero-order valence-corrected chi connectivity index (χ0v) is 16.3. The van der Waals surface area contributed by atoms with Crippen LogP contribution in [0.25, 0.3) is 0 Å². The molecule has 26 heavy (non-hydrogen) atoms. The van der Waals surface area contributed by atoms with Crippen LogP contribution in [0.2, 0.25) is 0 Å². The normalized spacial score (nSPS) is 19.9. The van der Waals surface area contributed by atoms with E-state index in [4.69, 9.17) is 4.74 Å².